The standard InChI is InChI=1S/C14H22BrNO2S/c1-10(2)14(4,5)9-16-19(17,18)12-6-7-13(15)11(3)8-12/h6-8,10,16H,9H2,1-5H3. The topological polar surface area (TPSA) is 46.2 Å². The van der Waals surface area contributed by atoms with Crippen molar-refractivity contribution in [3.8, 4) is 0 Å². The van der Waals surface area contributed by atoms with E-state index in [9.17, 15) is 8.42 Å². The molecule has 0 spiro atoms. The van der Waals surface area contributed by atoms with Crippen molar-refractivity contribution in [3.63, 3.8) is 0 Å². The molecule has 0 fully saturated rings. The Hall–Kier alpha value is -0.390. The summed E-state index contributed by atoms with van der Waals surface area (Å²) in [5.41, 5.74) is 0.836. The average molecular weight is 348 g/mol. The Morgan fingerprint density at radius 3 is 2.37 bits per heavy atom. The van der Waals surface area contributed by atoms with Gasteiger partial charge < -0.3 is 0 Å². The van der Waals surface area contributed by atoms with Crippen LogP contribution in [0.25, 0.3) is 0 Å². The Kier molecular flexibility index (Phi) is 5.21. The van der Waals surface area contributed by atoms with Crippen molar-refractivity contribution >= 4 is 26.0 Å². The third-order valence-electron chi connectivity index (χ3n) is 3.72. The van der Waals surface area contributed by atoms with Crippen LogP contribution in [0.1, 0.15) is 33.3 Å². The van der Waals surface area contributed by atoms with Gasteiger partial charge in [0.2, 0.25) is 10.0 Å². The van der Waals surface area contributed by atoms with Gasteiger partial charge in [-0.15, -0.1) is 0 Å². The van der Waals surface area contributed by atoms with Crippen LogP contribution >= 0.6 is 15.9 Å². The fraction of sp³-hybridized carbons (Fsp3) is 0.571. The van der Waals surface area contributed by atoms with Gasteiger partial charge in [-0.25, -0.2) is 13.1 Å². The Bertz CT molecular complexity index is 551. The normalized spacial score (nSPS) is 13.0. The van der Waals surface area contributed by atoms with Crippen LogP contribution in [0, 0.1) is 18.3 Å². The molecule has 0 atom stereocenters. The van der Waals surface area contributed by atoms with E-state index in [0.29, 0.717) is 17.4 Å². The number of nitrogens with one attached hydrogen (secondary N) is 1. The summed E-state index contributed by atoms with van der Waals surface area (Å²) in [5, 5.41) is 0. The molecule has 0 aliphatic heterocycles. The van der Waals surface area contributed by atoms with E-state index < -0.39 is 10.0 Å². The molecule has 0 aliphatic carbocycles. The summed E-state index contributed by atoms with van der Waals surface area (Å²) >= 11 is 3.37. The van der Waals surface area contributed by atoms with Crippen LogP contribution in [0.15, 0.2) is 27.6 Å². The van der Waals surface area contributed by atoms with Gasteiger partial charge in [0.25, 0.3) is 0 Å². The van der Waals surface area contributed by atoms with E-state index in [1.807, 2.05) is 6.92 Å². The molecule has 1 N–H and O–H groups in total. The first-order valence-corrected chi connectivity index (χ1v) is 8.60. The van der Waals surface area contributed by atoms with E-state index in [0.717, 1.165) is 10.0 Å². The first-order chi connectivity index (χ1) is 8.56. The lowest BCUT2D eigenvalue weighted by molar-refractivity contribution is 0.252. The van der Waals surface area contributed by atoms with Crippen LogP contribution in [-0.4, -0.2) is 15.0 Å². The number of sulfonamides is 1. The molecule has 5 heteroatoms. The smallest absolute Gasteiger partial charge is 0.211 e. The molecule has 0 heterocycles. The highest BCUT2D eigenvalue weighted by atomic mass is 79.9. The highest BCUT2D eigenvalue weighted by molar-refractivity contribution is 9.10. The van der Waals surface area contributed by atoms with Crippen molar-refractivity contribution in [2.75, 3.05) is 6.54 Å². The average Bonchev–Trinajstić information content (AvgIpc) is 2.30. The molecule has 0 unspecified atom stereocenters. The summed E-state index contributed by atoms with van der Waals surface area (Å²) in [7, 11) is -3.44. The highest BCUT2D eigenvalue weighted by Crippen LogP contribution is 2.26. The zero-order valence-electron chi connectivity index (χ0n) is 12.1. The Morgan fingerprint density at radius 2 is 1.89 bits per heavy atom. The minimum absolute atomic E-state index is 0.0719. The van der Waals surface area contributed by atoms with Crippen LogP contribution in [0.4, 0.5) is 0 Å². The SMILES string of the molecule is Cc1cc(S(=O)(=O)NCC(C)(C)C(C)C)ccc1Br. The van der Waals surface area contributed by atoms with Gasteiger partial charge in [-0.2, -0.15) is 0 Å². The van der Waals surface area contributed by atoms with E-state index in [-0.39, 0.29) is 5.41 Å². The lowest BCUT2D eigenvalue weighted by Crippen LogP contribution is -2.36. The fourth-order valence-electron chi connectivity index (χ4n) is 1.35. The van der Waals surface area contributed by atoms with Gasteiger partial charge in [0.15, 0.2) is 0 Å². The van der Waals surface area contributed by atoms with Crippen molar-refractivity contribution in [1.82, 2.24) is 4.72 Å². The number of benzene rings is 1. The largest absolute Gasteiger partial charge is 0.240 e. The van der Waals surface area contributed by atoms with Gasteiger partial charge in [0.05, 0.1) is 4.90 Å². The predicted molar refractivity (Wildman–Crippen MR) is 82.7 cm³/mol. The molecule has 1 rings (SSSR count). The first kappa shape index (κ1) is 16.7. The summed E-state index contributed by atoms with van der Waals surface area (Å²) in [5.74, 6) is 0.404. The Labute approximate surface area is 125 Å². The van der Waals surface area contributed by atoms with E-state index in [4.69, 9.17) is 0 Å². The third kappa shape index (κ3) is 4.29. The molecule has 0 bridgehead atoms. The van der Waals surface area contributed by atoms with Crippen molar-refractivity contribution in [2.45, 2.75) is 39.5 Å². The number of hydrogen-bond acceptors (Lipinski definition) is 2. The predicted octanol–water partition coefficient (Wildman–Crippen LogP) is 3.72. The van der Waals surface area contributed by atoms with Gasteiger partial charge in [-0.3, -0.25) is 0 Å². The molecule has 0 aliphatic rings. The second kappa shape index (κ2) is 5.94. The zero-order valence-corrected chi connectivity index (χ0v) is 14.5. The molecule has 1 aromatic rings. The number of aryl methyl sites for hydroxylation is 1. The summed E-state index contributed by atoms with van der Waals surface area (Å²) in [6, 6.07) is 5.05. The quantitative estimate of drug-likeness (QED) is 0.882. The van der Waals surface area contributed by atoms with Gasteiger partial charge in [0, 0.05) is 11.0 Å². The number of hydrogen-bond donors (Lipinski definition) is 1. The van der Waals surface area contributed by atoms with E-state index in [2.05, 4.69) is 48.3 Å². The van der Waals surface area contributed by atoms with Crippen molar-refractivity contribution in [3.05, 3.63) is 28.2 Å². The monoisotopic (exact) mass is 347 g/mol. The van der Waals surface area contributed by atoms with E-state index >= 15 is 0 Å². The van der Waals surface area contributed by atoms with Gasteiger partial charge in [-0.1, -0.05) is 43.6 Å². The Morgan fingerprint density at radius 1 is 1.32 bits per heavy atom. The molecule has 3 nitrogen and oxygen atoms in total. The molecule has 0 saturated heterocycles. The van der Waals surface area contributed by atoms with Crippen LogP contribution in [0.2, 0.25) is 0 Å². The first-order valence-electron chi connectivity index (χ1n) is 6.32. The molecule has 108 valence electrons. The molecular weight excluding hydrogens is 326 g/mol. The maximum Gasteiger partial charge on any atom is 0.240 e. The van der Waals surface area contributed by atoms with Gasteiger partial charge in [-0.05, 0) is 42.0 Å². The minimum Gasteiger partial charge on any atom is -0.211 e. The third-order valence-corrected chi connectivity index (χ3v) is 6.01. The van der Waals surface area contributed by atoms with Crippen molar-refractivity contribution in [2.24, 2.45) is 11.3 Å². The van der Waals surface area contributed by atoms with Crippen LogP contribution < -0.4 is 4.72 Å². The van der Waals surface area contributed by atoms with E-state index in [1.54, 1.807) is 18.2 Å². The minimum atomic E-state index is -3.44. The number of rotatable bonds is 5. The Balaban J connectivity index is 2.90. The molecule has 0 amide bonds. The molecular formula is C14H22BrNO2S. The molecule has 0 aromatic heterocycles. The highest BCUT2D eigenvalue weighted by Gasteiger charge is 2.25. The van der Waals surface area contributed by atoms with Gasteiger partial charge >= 0.3 is 0 Å². The van der Waals surface area contributed by atoms with E-state index in [1.165, 1.54) is 0 Å². The van der Waals surface area contributed by atoms with Gasteiger partial charge in [0.1, 0.15) is 0 Å². The zero-order chi connectivity index (χ0) is 14.8. The summed E-state index contributed by atoms with van der Waals surface area (Å²) in [6.45, 7) is 10.6. The van der Waals surface area contributed by atoms with Crippen LogP contribution in [0.3, 0.4) is 0 Å². The summed E-state index contributed by atoms with van der Waals surface area (Å²) in [6.07, 6.45) is 0. The second-order valence-corrected chi connectivity index (χ2v) is 8.50. The van der Waals surface area contributed by atoms with Crippen LogP contribution in [0.5, 0.6) is 0 Å². The molecule has 0 saturated carbocycles. The molecule has 1 aromatic carbocycles. The fourth-order valence-corrected chi connectivity index (χ4v) is 2.91. The second-order valence-electron chi connectivity index (χ2n) is 5.88. The summed E-state index contributed by atoms with van der Waals surface area (Å²) < 4.78 is 28.1. The lowest BCUT2D eigenvalue weighted by Gasteiger charge is -2.29. The lowest BCUT2D eigenvalue weighted by atomic mass is 9.81. The van der Waals surface area contributed by atoms with Crippen molar-refractivity contribution < 1.29 is 8.42 Å². The molecule has 19 heavy (non-hydrogen) atoms. The van der Waals surface area contributed by atoms with Crippen LogP contribution in [-0.2, 0) is 10.0 Å². The molecule has 0 radical (unpaired) electrons. The summed E-state index contributed by atoms with van der Waals surface area (Å²) in [4.78, 5) is 0.313. The van der Waals surface area contributed by atoms with Crippen molar-refractivity contribution in [1.29, 1.82) is 0 Å². The number of halogens is 1. The maximum absolute atomic E-state index is 12.2. The maximum atomic E-state index is 12.2.